The van der Waals surface area contributed by atoms with Crippen molar-refractivity contribution in [1.82, 2.24) is 14.6 Å². The summed E-state index contributed by atoms with van der Waals surface area (Å²) in [6.07, 6.45) is 5.60. The van der Waals surface area contributed by atoms with Crippen molar-refractivity contribution < 1.29 is 8.42 Å². The summed E-state index contributed by atoms with van der Waals surface area (Å²) in [5.74, 6) is 0. The lowest BCUT2D eigenvalue weighted by molar-refractivity contribution is 0.419. The molecule has 1 N–H and O–H groups in total. The van der Waals surface area contributed by atoms with Gasteiger partial charge in [-0.3, -0.25) is 4.98 Å². The molecule has 108 valence electrons. The highest BCUT2D eigenvalue weighted by molar-refractivity contribution is 9.10. The Labute approximate surface area is 123 Å². The summed E-state index contributed by atoms with van der Waals surface area (Å²) in [4.78, 5) is 4.08. The number of hydrogen-bond acceptors (Lipinski definition) is 4. The van der Waals surface area contributed by atoms with Crippen molar-refractivity contribution in [3.8, 4) is 0 Å². The van der Waals surface area contributed by atoms with E-state index in [1.165, 1.54) is 10.6 Å². The van der Waals surface area contributed by atoms with E-state index in [2.05, 4.69) is 26.2 Å². The van der Waals surface area contributed by atoms with Gasteiger partial charge in [-0.1, -0.05) is 6.92 Å². The van der Waals surface area contributed by atoms with Crippen LogP contribution >= 0.6 is 15.9 Å². The number of nitrogens with zero attached hydrogens (tertiary/aromatic N) is 2. The molecule has 0 spiro atoms. The second kappa shape index (κ2) is 7.94. The van der Waals surface area contributed by atoms with Crippen LogP contribution in [-0.4, -0.2) is 43.6 Å². The van der Waals surface area contributed by atoms with Gasteiger partial charge in [0.05, 0.1) is 6.26 Å². The van der Waals surface area contributed by atoms with Crippen molar-refractivity contribution >= 4 is 26.0 Å². The Morgan fingerprint density at radius 2 is 2.16 bits per heavy atom. The van der Waals surface area contributed by atoms with Gasteiger partial charge in [-0.15, -0.1) is 0 Å². The summed E-state index contributed by atoms with van der Waals surface area (Å²) >= 11 is 3.37. The van der Waals surface area contributed by atoms with Crippen LogP contribution in [-0.2, 0) is 16.6 Å². The van der Waals surface area contributed by atoms with Gasteiger partial charge in [0.1, 0.15) is 0 Å². The zero-order valence-electron chi connectivity index (χ0n) is 11.3. The molecule has 0 aliphatic heterocycles. The quantitative estimate of drug-likeness (QED) is 0.724. The minimum Gasteiger partial charge on any atom is -0.313 e. The van der Waals surface area contributed by atoms with Gasteiger partial charge in [0.25, 0.3) is 0 Å². The van der Waals surface area contributed by atoms with Crippen molar-refractivity contribution in [3.63, 3.8) is 0 Å². The molecule has 0 unspecified atom stereocenters. The summed E-state index contributed by atoms with van der Waals surface area (Å²) in [5.41, 5.74) is 1.10. The smallest absolute Gasteiger partial charge is 0.211 e. The molecule has 0 bridgehead atoms. The molecule has 0 aliphatic carbocycles. The predicted molar refractivity (Wildman–Crippen MR) is 80.4 cm³/mol. The third-order valence-corrected chi connectivity index (χ3v) is 4.49. The SMILES string of the molecule is CCN(CCCNCc1cncc(Br)c1)S(C)(=O)=O. The second-order valence-electron chi connectivity index (χ2n) is 4.30. The number of aromatic nitrogens is 1. The molecule has 0 amide bonds. The van der Waals surface area contributed by atoms with Crippen LogP contribution in [0, 0.1) is 0 Å². The minimum absolute atomic E-state index is 0.522. The van der Waals surface area contributed by atoms with Crippen LogP contribution in [0.15, 0.2) is 22.9 Å². The molecular formula is C12H20BrN3O2S. The zero-order chi connectivity index (χ0) is 14.3. The molecule has 0 aromatic carbocycles. The normalized spacial score (nSPS) is 12.0. The van der Waals surface area contributed by atoms with Gasteiger partial charge in [0.15, 0.2) is 0 Å². The highest BCUT2D eigenvalue weighted by Gasteiger charge is 2.12. The van der Waals surface area contributed by atoms with Crippen LogP contribution in [0.4, 0.5) is 0 Å². The number of pyridine rings is 1. The summed E-state index contributed by atoms with van der Waals surface area (Å²) in [5, 5.41) is 3.28. The van der Waals surface area contributed by atoms with Crippen LogP contribution < -0.4 is 5.32 Å². The largest absolute Gasteiger partial charge is 0.313 e. The molecule has 5 nitrogen and oxygen atoms in total. The Bertz CT molecular complexity index is 494. The highest BCUT2D eigenvalue weighted by atomic mass is 79.9. The minimum atomic E-state index is -3.07. The van der Waals surface area contributed by atoms with Crippen LogP contribution in [0.25, 0.3) is 0 Å². The summed E-state index contributed by atoms with van der Waals surface area (Å²) in [6.45, 7) is 4.44. The van der Waals surface area contributed by atoms with Gasteiger partial charge in [-0.2, -0.15) is 0 Å². The number of nitrogens with one attached hydrogen (secondary N) is 1. The van der Waals surface area contributed by atoms with Crippen LogP contribution in [0.1, 0.15) is 18.9 Å². The fourth-order valence-electron chi connectivity index (χ4n) is 1.72. The maximum absolute atomic E-state index is 11.4. The van der Waals surface area contributed by atoms with Crippen molar-refractivity contribution in [3.05, 3.63) is 28.5 Å². The Morgan fingerprint density at radius 1 is 1.42 bits per heavy atom. The average molecular weight is 350 g/mol. The van der Waals surface area contributed by atoms with E-state index < -0.39 is 10.0 Å². The Morgan fingerprint density at radius 3 is 2.74 bits per heavy atom. The lowest BCUT2D eigenvalue weighted by Gasteiger charge is -2.17. The molecule has 0 saturated carbocycles. The standard InChI is InChI=1S/C12H20BrN3O2S/c1-3-16(19(2,17)18)6-4-5-14-8-11-7-12(13)10-15-9-11/h7,9-10,14H,3-6,8H2,1-2H3. The third kappa shape index (κ3) is 6.47. The molecule has 1 aromatic rings. The molecule has 1 rings (SSSR count). The van der Waals surface area contributed by atoms with Crippen LogP contribution in [0.2, 0.25) is 0 Å². The Hall–Kier alpha value is -0.500. The summed E-state index contributed by atoms with van der Waals surface area (Å²) in [6, 6.07) is 2.01. The zero-order valence-corrected chi connectivity index (χ0v) is 13.7. The first-order valence-corrected chi connectivity index (χ1v) is 8.83. The molecule has 0 radical (unpaired) electrons. The lowest BCUT2D eigenvalue weighted by Crippen LogP contribution is -2.32. The Balaban J connectivity index is 2.25. The van der Waals surface area contributed by atoms with E-state index in [1.807, 2.05) is 19.2 Å². The predicted octanol–water partition coefficient (Wildman–Crippen LogP) is 1.61. The van der Waals surface area contributed by atoms with Crippen molar-refractivity contribution in [2.45, 2.75) is 19.9 Å². The molecular weight excluding hydrogens is 330 g/mol. The lowest BCUT2D eigenvalue weighted by atomic mass is 10.3. The van der Waals surface area contributed by atoms with Gasteiger partial charge >= 0.3 is 0 Å². The van der Waals surface area contributed by atoms with E-state index in [0.717, 1.165) is 29.5 Å². The van der Waals surface area contributed by atoms with Crippen LogP contribution in [0.3, 0.4) is 0 Å². The number of rotatable bonds is 8. The van der Waals surface area contributed by atoms with Gasteiger partial charge in [-0.25, -0.2) is 12.7 Å². The van der Waals surface area contributed by atoms with Gasteiger partial charge in [-0.05, 0) is 40.5 Å². The maximum atomic E-state index is 11.4. The Kier molecular flexibility index (Phi) is 6.92. The highest BCUT2D eigenvalue weighted by Crippen LogP contribution is 2.09. The van der Waals surface area contributed by atoms with Crippen molar-refractivity contribution in [2.24, 2.45) is 0 Å². The van der Waals surface area contributed by atoms with Gasteiger partial charge in [0, 0.05) is 36.5 Å². The van der Waals surface area contributed by atoms with Gasteiger partial charge < -0.3 is 5.32 Å². The first-order valence-electron chi connectivity index (χ1n) is 6.18. The number of halogens is 1. The van der Waals surface area contributed by atoms with Crippen molar-refractivity contribution in [1.29, 1.82) is 0 Å². The van der Waals surface area contributed by atoms with Gasteiger partial charge in [0.2, 0.25) is 10.0 Å². The van der Waals surface area contributed by atoms with Crippen LogP contribution in [0.5, 0.6) is 0 Å². The average Bonchev–Trinajstić information content (AvgIpc) is 2.32. The van der Waals surface area contributed by atoms with E-state index in [-0.39, 0.29) is 0 Å². The van der Waals surface area contributed by atoms with E-state index in [0.29, 0.717) is 13.1 Å². The molecule has 0 atom stereocenters. The topological polar surface area (TPSA) is 62.3 Å². The molecule has 19 heavy (non-hydrogen) atoms. The number of hydrogen-bond donors (Lipinski definition) is 1. The molecule has 1 heterocycles. The third-order valence-electron chi connectivity index (χ3n) is 2.67. The fourth-order valence-corrected chi connectivity index (χ4v) is 3.07. The maximum Gasteiger partial charge on any atom is 0.211 e. The number of sulfonamides is 1. The first kappa shape index (κ1) is 16.6. The fraction of sp³-hybridized carbons (Fsp3) is 0.583. The summed E-state index contributed by atoms with van der Waals surface area (Å²) < 4.78 is 25.2. The van der Waals surface area contributed by atoms with E-state index in [9.17, 15) is 8.42 Å². The van der Waals surface area contributed by atoms with E-state index >= 15 is 0 Å². The second-order valence-corrected chi connectivity index (χ2v) is 7.19. The first-order chi connectivity index (χ1) is 8.93. The molecule has 7 heteroatoms. The monoisotopic (exact) mass is 349 g/mol. The molecule has 0 aliphatic rings. The molecule has 0 fully saturated rings. The molecule has 1 aromatic heterocycles. The molecule has 0 saturated heterocycles. The summed E-state index contributed by atoms with van der Waals surface area (Å²) in [7, 11) is -3.07. The van der Waals surface area contributed by atoms with Crippen molar-refractivity contribution in [2.75, 3.05) is 25.9 Å². The van der Waals surface area contributed by atoms with E-state index in [4.69, 9.17) is 0 Å². The van der Waals surface area contributed by atoms with E-state index in [1.54, 1.807) is 6.20 Å².